The predicted octanol–water partition coefficient (Wildman–Crippen LogP) is 2.50. The molecule has 1 saturated heterocycles. The van der Waals surface area contributed by atoms with Gasteiger partial charge in [-0.2, -0.15) is 0 Å². The van der Waals surface area contributed by atoms with Crippen molar-refractivity contribution in [1.82, 2.24) is 5.32 Å². The maximum Gasteiger partial charge on any atom is 0.172 e. The fraction of sp³-hybridized carbons (Fsp3) is 0.400. The van der Waals surface area contributed by atoms with Crippen LogP contribution in [0.3, 0.4) is 0 Å². The lowest BCUT2D eigenvalue weighted by Crippen LogP contribution is -2.12. The number of ether oxygens (including phenoxy) is 1. The van der Waals surface area contributed by atoms with Gasteiger partial charge in [-0.05, 0) is 33.6 Å². The topological polar surface area (TPSA) is 41.5 Å². The summed E-state index contributed by atoms with van der Waals surface area (Å²) in [7, 11) is 1.56. The highest BCUT2D eigenvalue weighted by Crippen LogP contribution is 2.40. The van der Waals surface area contributed by atoms with E-state index in [2.05, 4.69) is 21.2 Å². The molecule has 5 heteroatoms. The van der Waals surface area contributed by atoms with Gasteiger partial charge in [0, 0.05) is 12.3 Å². The second-order valence-electron chi connectivity index (χ2n) is 3.26. The molecule has 0 unspecified atom stereocenters. The van der Waals surface area contributed by atoms with Crippen LogP contribution >= 0.6 is 27.7 Å². The van der Waals surface area contributed by atoms with Gasteiger partial charge in [-0.1, -0.05) is 0 Å². The first-order chi connectivity index (χ1) is 7.22. The number of benzene rings is 1. The fourth-order valence-electron chi connectivity index (χ4n) is 1.54. The standard InChI is InChI=1S/C10H12BrNO2S/c1-14-8-5-6(4-7(11)9(8)13)10-12-2-3-15-10/h4-5,10,12-13H,2-3H2,1H3/t10-/m1/s1. The van der Waals surface area contributed by atoms with Crippen molar-refractivity contribution < 1.29 is 9.84 Å². The lowest BCUT2D eigenvalue weighted by molar-refractivity contribution is 0.371. The normalized spacial score (nSPS) is 20.5. The van der Waals surface area contributed by atoms with Crippen LogP contribution in [-0.4, -0.2) is 24.5 Å². The first-order valence-electron chi connectivity index (χ1n) is 4.63. The molecule has 1 aliphatic rings. The number of phenolic OH excluding ortho intramolecular Hbond substituents is 1. The summed E-state index contributed by atoms with van der Waals surface area (Å²) >= 11 is 5.18. The van der Waals surface area contributed by atoms with Gasteiger partial charge in [0.1, 0.15) is 0 Å². The van der Waals surface area contributed by atoms with Crippen molar-refractivity contribution in [2.45, 2.75) is 5.37 Å². The summed E-state index contributed by atoms with van der Waals surface area (Å²) in [5.41, 5.74) is 1.12. The highest BCUT2D eigenvalue weighted by molar-refractivity contribution is 9.10. The van der Waals surface area contributed by atoms with Crippen LogP contribution in [0.25, 0.3) is 0 Å². The van der Waals surface area contributed by atoms with E-state index in [9.17, 15) is 5.11 Å². The summed E-state index contributed by atoms with van der Waals surface area (Å²) in [5.74, 6) is 1.78. The van der Waals surface area contributed by atoms with Crippen LogP contribution < -0.4 is 10.1 Å². The number of halogens is 1. The molecule has 1 fully saturated rings. The Hall–Kier alpha value is -0.390. The minimum Gasteiger partial charge on any atom is -0.503 e. The van der Waals surface area contributed by atoms with Crippen LogP contribution in [0.4, 0.5) is 0 Å². The molecule has 0 aliphatic carbocycles. The Morgan fingerprint density at radius 3 is 3.00 bits per heavy atom. The van der Waals surface area contributed by atoms with Gasteiger partial charge in [-0.3, -0.25) is 0 Å². The number of nitrogens with one attached hydrogen (secondary N) is 1. The van der Waals surface area contributed by atoms with Crippen LogP contribution in [0.15, 0.2) is 16.6 Å². The molecule has 15 heavy (non-hydrogen) atoms. The molecular formula is C10H12BrNO2S. The van der Waals surface area contributed by atoms with E-state index < -0.39 is 0 Å². The second kappa shape index (κ2) is 4.63. The van der Waals surface area contributed by atoms with Gasteiger partial charge in [0.05, 0.1) is 17.0 Å². The van der Waals surface area contributed by atoms with E-state index in [-0.39, 0.29) is 5.75 Å². The van der Waals surface area contributed by atoms with Crippen molar-refractivity contribution >= 4 is 27.7 Å². The summed E-state index contributed by atoms with van der Waals surface area (Å²) < 4.78 is 5.78. The molecular weight excluding hydrogens is 278 g/mol. The molecule has 1 aliphatic heterocycles. The summed E-state index contributed by atoms with van der Waals surface area (Å²) in [6, 6.07) is 3.80. The van der Waals surface area contributed by atoms with E-state index in [1.165, 1.54) is 0 Å². The van der Waals surface area contributed by atoms with Gasteiger partial charge < -0.3 is 15.2 Å². The molecule has 0 saturated carbocycles. The molecule has 1 aromatic carbocycles. The molecule has 82 valence electrons. The molecule has 1 heterocycles. The first kappa shape index (κ1) is 11.1. The molecule has 0 bridgehead atoms. The number of hydrogen-bond donors (Lipinski definition) is 2. The average Bonchev–Trinajstić information content (AvgIpc) is 2.75. The van der Waals surface area contributed by atoms with Crippen LogP contribution in [0.1, 0.15) is 10.9 Å². The summed E-state index contributed by atoms with van der Waals surface area (Å²) in [6.07, 6.45) is 0. The molecule has 2 rings (SSSR count). The van der Waals surface area contributed by atoms with Gasteiger partial charge >= 0.3 is 0 Å². The highest BCUT2D eigenvalue weighted by Gasteiger charge is 2.19. The molecule has 1 aromatic rings. The SMILES string of the molecule is COc1cc([C@@H]2NCCS2)cc(Br)c1O. The number of phenols is 1. The Morgan fingerprint density at radius 1 is 1.60 bits per heavy atom. The zero-order valence-corrected chi connectivity index (χ0v) is 10.7. The van der Waals surface area contributed by atoms with Crippen LogP contribution in [0.2, 0.25) is 0 Å². The Balaban J connectivity index is 2.35. The van der Waals surface area contributed by atoms with E-state index >= 15 is 0 Å². The Morgan fingerprint density at radius 2 is 2.40 bits per heavy atom. The van der Waals surface area contributed by atoms with Crippen molar-refractivity contribution in [2.75, 3.05) is 19.4 Å². The van der Waals surface area contributed by atoms with Gasteiger partial charge in [0.2, 0.25) is 0 Å². The monoisotopic (exact) mass is 289 g/mol. The fourth-order valence-corrected chi connectivity index (χ4v) is 3.04. The lowest BCUT2D eigenvalue weighted by Gasteiger charge is -2.13. The Kier molecular flexibility index (Phi) is 3.43. The number of methoxy groups -OCH3 is 1. The summed E-state index contributed by atoms with van der Waals surface area (Å²) in [4.78, 5) is 0. The maximum atomic E-state index is 9.67. The van der Waals surface area contributed by atoms with E-state index in [0.717, 1.165) is 17.9 Å². The smallest absolute Gasteiger partial charge is 0.172 e. The van der Waals surface area contributed by atoms with Gasteiger partial charge in [0.25, 0.3) is 0 Å². The van der Waals surface area contributed by atoms with E-state index in [4.69, 9.17) is 4.74 Å². The average molecular weight is 290 g/mol. The third-order valence-electron chi connectivity index (χ3n) is 2.29. The summed E-state index contributed by atoms with van der Waals surface area (Å²) in [6.45, 7) is 1.02. The molecule has 1 atom stereocenters. The molecule has 0 amide bonds. The minimum absolute atomic E-state index is 0.157. The van der Waals surface area contributed by atoms with Crippen molar-refractivity contribution in [3.63, 3.8) is 0 Å². The van der Waals surface area contributed by atoms with Crippen LogP contribution in [-0.2, 0) is 0 Å². The van der Waals surface area contributed by atoms with Crippen LogP contribution in [0, 0.1) is 0 Å². The molecule has 2 N–H and O–H groups in total. The van der Waals surface area contributed by atoms with E-state index in [0.29, 0.717) is 15.6 Å². The van der Waals surface area contributed by atoms with Gasteiger partial charge in [-0.15, -0.1) is 11.8 Å². The quantitative estimate of drug-likeness (QED) is 0.878. The van der Waals surface area contributed by atoms with Crippen molar-refractivity contribution in [3.8, 4) is 11.5 Å². The maximum absolute atomic E-state index is 9.67. The number of aromatic hydroxyl groups is 1. The van der Waals surface area contributed by atoms with Crippen LogP contribution in [0.5, 0.6) is 11.5 Å². The Bertz CT molecular complexity index is 367. The zero-order chi connectivity index (χ0) is 10.8. The van der Waals surface area contributed by atoms with Crippen molar-refractivity contribution in [2.24, 2.45) is 0 Å². The predicted molar refractivity (Wildman–Crippen MR) is 65.6 cm³/mol. The molecule has 0 spiro atoms. The second-order valence-corrected chi connectivity index (χ2v) is 5.33. The van der Waals surface area contributed by atoms with E-state index in [1.54, 1.807) is 7.11 Å². The molecule has 0 aromatic heterocycles. The summed E-state index contributed by atoms with van der Waals surface area (Å²) in [5, 5.41) is 13.3. The molecule has 0 radical (unpaired) electrons. The van der Waals surface area contributed by atoms with Crippen molar-refractivity contribution in [1.29, 1.82) is 0 Å². The Labute approximate surface area is 101 Å². The zero-order valence-electron chi connectivity index (χ0n) is 8.29. The largest absolute Gasteiger partial charge is 0.503 e. The minimum atomic E-state index is 0.157. The first-order valence-corrected chi connectivity index (χ1v) is 6.48. The van der Waals surface area contributed by atoms with Gasteiger partial charge in [-0.25, -0.2) is 0 Å². The third-order valence-corrected chi connectivity index (χ3v) is 4.11. The number of hydrogen-bond acceptors (Lipinski definition) is 4. The molecule has 3 nitrogen and oxygen atoms in total. The highest BCUT2D eigenvalue weighted by atomic mass is 79.9. The van der Waals surface area contributed by atoms with Crippen molar-refractivity contribution in [3.05, 3.63) is 22.2 Å². The third kappa shape index (κ3) is 2.24. The van der Waals surface area contributed by atoms with E-state index in [1.807, 2.05) is 23.9 Å². The number of thioether (sulfide) groups is 1. The lowest BCUT2D eigenvalue weighted by atomic mass is 10.2. The van der Waals surface area contributed by atoms with Gasteiger partial charge in [0.15, 0.2) is 11.5 Å². The number of rotatable bonds is 2.